The highest BCUT2D eigenvalue weighted by Crippen LogP contribution is 2.44. The summed E-state index contributed by atoms with van der Waals surface area (Å²) in [7, 11) is 5.35. The Morgan fingerprint density at radius 2 is 1.53 bits per heavy atom. The lowest BCUT2D eigenvalue weighted by molar-refractivity contribution is -0.322. The van der Waals surface area contributed by atoms with Crippen molar-refractivity contribution in [1.29, 1.82) is 0 Å². The minimum Gasteiger partial charge on any atom is -0.459 e. The number of ether oxygens (including phenoxy) is 10. The molecule has 4 saturated heterocycles. The maximum Gasteiger partial charge on any atom is 0.311 e. The molecule has 4 rings (SSSR count). The summed E-state index contributed by atoms with van der Waals surface area (Å²) in [5.41, 5.74) is -3.68. The minimum atomic E-state index is -1.74. The zero-order valence-electron chi connectivity index (χ0n) is 40.1. The zero-order valence-corrected chi connectivity index (χ0v) is 40.1. The molecule has 4 fully saturated rings. The maximum absolute atomic E-state index is 14.7. The van der Waals surface area contributed by atoms with Crippen LogP contribution in [-0.4, -0.2) is 158 Å². The van der Waals surface area contributed by atoms with Crippen LogP contribution in [0.2, 0.25) is 0 Å². The third-order valence-corrected chi connectivity index (χ3v) is 13.7. The van der Waals surface area contributed by atoms with Crippen molar-refractivity contribution >= 4 is 23.6 Å². The molecular formula is C45H78N2O15. The van der Waals surface area contributed by atoms with Gasteiger partial charge < -0.3 is 62.6 Å². The average molecular weight is 887 g/mol. The van der Waals surface area contributed by atoms with Gasteiger partial charge in [-0.15, -0.1) is 0 Å². The van der Waals surface area contributed by atoms with Gasteiger partial charge in [0.2, 0.25) is 0 Å². The second kappa shape index (κ2) is 21.2. The smallest absolute Gasteiger partial charge is 0.311 e. The molecule has 0 aromatic rings. The lowest BCUT2D eigenvalue weighted by atomic mass is 9.73. The molecule has 4 heterocycles. The van der Waals surface area contributed by atoms with Crippen LogP contribution in [0.3, 0.4) is 0 Å². The van der Waals surface area contributed by atoms with Gasteiger partial charge in [0.05, 0.1) is 67.0 Å². The van der Waals surface area contributed by atoms with Crippen LogP contribution in [-0.2, 0) is 61.8 Å². The fraction of sp³-hybridized carbons (Fsp3) is 0.911. The highest BCUT2D eigenvalue weighted by molar-refractivity contribution is 5.88. The molecule has 0 aromatic heterocycles. The third-order valence-electron chi connectivity index (χ3n) is 13.7. The summed E-state index contributed by atoms with van der Waals surface area (Å²) >= 11 is 0. The van der Waals surface area contributed by atoms with Crippen molar-refractivity contribution in [3.8, 4) is 0 Å². The SMILES string of the molecule is CC[C@H]1OC(=O)[C@H](C)[C@@H](O[C@H]2C[C@@](C)(OC)[C@H](OC(C)=O)[C@H](C)O2)[C@H](C)[C@@H](O[C@@H]2O[C@H](C)C[C@H](N(C)C)[C@H]2OC(C)=O)[C@@]2(C)C[C@@H](C)/C(=N\O)[C@H](C)[C@H](OCC(C)CO2)[C@]1(C)O. The summed E-state index contributed by atoms with van der Waals surface area (Å²) < 4.78 is 64.8. The fourth-order valence-corrected chi connectivity index (χ4v) is 10.4. The number of hydrogen-bond acceptors (Lipinski definition) is 17. The molecule has 2 bridgehead atoms. The summed E-state index contributed by atoms with van der Waals surface area (Å²) in [5, 5.41) is 27.0. The lowest BCUT2D eigenvalue weighted by Gasteiger charge is -2.50. The molecule has 0 aromatic carbocycles. The van der Waals surface area contributed by atoms with Gasteiger partial charge in [0.1, 0.15) is 17.3 Å². The van der Waals surface area contributed by atoms with Gasteiger partial charge in [-0.25, -0.2) is 0 Å². The number of nitrogens with zero attached hydrogens (tertiary/aromatic N) is 2. The number of likely N-dealkylation sites (N-methyl/N-ethyl adjacent to an activating group) is 1. The number of hydrogen-bond donors (Lipinski definition) is 2. The molecule has 0 spiro atoms. The van der Waals surface area contributed by atoms with E-state index in [1.54, 1.807) is 20.8 Å². The van der Waals surface area contributed by atoms with E-state index in [-0.39, 0.29) is 50.5 Å². The molecule has 0 saturated carbocycles. The summed E-state index contributed by atoms with van der Waals surface area (Å²) in [6.07, 6.45) is -7.55. The number of esters is 3. The molecule has 2 N–H and O–H groups in total. The number of rotatable bonds is 9. The normalized spacial score (nSPS) is 45.9. The Balaban J connectivity index is 1.99. The van der Waals surface area contributed by atoms with Crippen LogP contribution in [0.5, 0.6) is 0 Å². The molecule has 0 amide bonds. The Morgan fingerprint density at radius 3 is 2.10 bits per heavy atom. The summed E-state index contributed by atoms with van der Waals surface area (Å²) in [4.78, 5) is 41.6. The second-order valence-electron chi connectivity index (χ2n) is 19.4. The molecule has 0 radical (unpaired) electrons. The first kappa shape index (κ1) is 52.1. The third kappa shape index (κ3) is 11.7. The Kier molecular flexibility index (Phi) is 17.8. The standard InChI is InChI=1S/C45H78N2O15/c1-17-33-45(13,51)39-26(5)35(46-52)24(3)19-44(12,55-22-23(2)21-54-39)38(62-42-37(58-30(9)48)32(47(14)15)18-25(4)56-42)27(6)36(28(7)41(50)60-33)61-34-20-43(11,53-16)40(29(8)57-34)59-31(10)49/h23-29,32-34,36-40,42,51-52H,17-22H2,1-16H3/b46-35+/t23?,24-,25-,26+,27+,28-,29+,32+,33-,34+,36+,37-,38-,39+,40-,42+,43-,44-,45-/m1/s1. The predicted octanol–water partition coefficient (Wildman–Crippen LogP) is 4.89. The van der Waals surface area contributed by atoms with Gasteiger partial charge in [0, 0.05) is 51.0 Å². The predicted molar refractivity (Wildman–Crippen MR) is 226 cm³/mol. The minimum absolute atomic E-state index is 0.117. The van der Waals surface area contributed by atoms with Gasteiger partial charge in [0.25, 0.3) is 0 Å². The van der Waals surface area contributed by atoms with Crippen molar-refractivity contribution in [2.24, 2.45) is 34.7 Å². The van der Waals surface area contributed by atoms with E-state index in [0.29, 0.717) is 12.1 Å². The topological polar surface area (TPSA) is 200 Å². The molecular weight excluding hydrogens is 808 g/mol. The van der Waals surface area contributed by atoms with E-state index in [1.165, 1.54) is 21.0 Å². The van der Waals surface area contributed by atoms with E-state index in [4.69, 9.17) is 47.4 Å². The number of carbonyl (C=O) groups excluding carboxylic acids is 3. The van der Waals surface area contributed by atoms with Crippen molar-refractivity contribution in [2.75, 3.05) is 34.4 Å². The van der Waals surface area contributed by atoms with Crippen LogP contribution in [0.1, 0.15) is 116 Å². The van der Waals surface area contributed by atoms with Crippen LogP contribution < -0.4 is 0 Å². The number of oxime groups is 1. The summed E-state index contributed by atoms with van der Waals surface area (Å²) in [5.74, 6) is -4.74. The van der Waals surface area contributed by atoms with E-state index in [1.807, 2.05) is 74.4 Å². The van der Waals surface area contributed by atoms with E-state index in [2.05, 4.69) is 5.16 Å². The van der Waals surface area contributed by atoms with Gasteiger partial charge in [-0.2, -0.15) is 0 Å². The molecule has 4 aliphatic rings. The maximum atomic E-state index is 14.7. The molecule has 358 valence electrons. The van der Waals surface area contributed by atoms with Crippen LogP contribution in [0, 0.1) is 29.6 Å². The second-order valence-corrected chi connectivity index (χ2v) is 19.4. The first-order chi connectivity index (χ1) is 28.8. The van der Waals surface area contributed by atoms with Crippen molar-refractivity contribution in [1.82, 2.24) is 4.90 Å². The van der Waals surface area contributed by atoms with Crippen LogP contribution in [0.25, 0.3) is 0 Å². The Labute approximate surface area is 369 Å². The number of carbonyl (C=O) groups is 3. The van der Waals surface area contributed by atoms with E-state index in [0.717, 1.165) is 0 Å². The number of cyclic esters (lactones) is 1. The first-order valence-corrected chi connectivity index (χ1v) is 22.4. The number of methoxy groups -OCH3 is 1. The van der Waals surface area contributed by atoms with Crippen molar-refractivity contribution in [3.63, 3.8) is 0 Å². The van der Waals surface area contributed by atoms with Crippen LogP contribution >= 0.6 is 0 Å². The summed E-state index contributed by atoms with van der Waals surface area (Å²) in [6.45, 7) is 23.2. The largest absolute Gasteiger partial charge is 0.459 e. The van der Waals surface area contributed by atoms with Crippen molar-refractivity contribution < 1.29 is 72.1 Å². The molecule has 19 atom stereocenters. The van der Waals surface area contributed by atoms with Gasteiger partial charge in [-0.05, 0) is 74.9 Å². The molecule has 17 nitrogen and oxygen atoms in total. The molecule has 0 aliphatic carbocycles. The van der Waals surface area contributed by atoms with Gasteiger partial charge in [-0.1, -0.05) is 39.8 Å². The van der Waals surface area contributed by atoms with Crippen LogP contribution in [0.4, 0.5) is 0 Å². The number of aliphatic hydroxyl groups is 1. The van der Waals surface area contributed by atoms with Crippen molar-refractivity contribution in [3.05, 3.63) is 0 Å². The molecule has 1 unspecified atom stereocenters. The fourth-order valence-electron chi connectivity index (χ4n) is 10.4. The highest BCUT2D eigenvalue weighted by atomic mass is 16.7. The van der Waals surface area contributed by atoms with E-state index in [9.17, 15) is 24.7 Å². The molecule has 4 aliphatic heterocycles. The van der Waals surface area contributed by atoms with E-state index >= 15 is 0 Å². The first-order valence-electron chi connectivity index (χ1n) is 22.4. The zero-order chi connectivity index (χ0) is 46.6. The van der Waals surface area contributed by atoms with E-state index < -0.39 is 114 Å². The lowest BCUT2D eigenvalue weighted by Crippen LogP contribution is -2.62. The Hall–Kier alpha value is -2.48. The number of fused-ring (bicyclic) bond motifs is 5. The Morgan fingerprint density at radius 1 is 0.887 bits per heavy atom. The summed E-state index contributed by atoms with van der Waals surface area (Å²) in [6, 6.07) is -0.279. The monoisotopic (exact) mass is 887 g/mol. The van der Waals surface area contributed by atoms with Gasteiger partial charge >= 0.3 is 17.9 Å². The average Bonchev–Trinajstić information content (AvgIpc) is 3.19. The molecule has 62 heavy (non-hydrogen) atoms. The Bertz CT molecular complexity index is 1550. The molecule has 17 heteroatoms. The van der Waals surface area contributed by atoms with Gasteiger partial charge in [0.15, 0.2) is 24.8 Å². The highest BCUT2D eigenvalue weighted by Gasteiger charge is 2.56. The quantitative estimate of drug-likeness (QED) is 0.137. The van der Waals surface area contributed by atoms with Crippen LogP contribution in [0.15, 0.2) is 5.16 Å². The van der Waals surface area contributed by atoms with Crippen molar-refractivity contribution in [2.45, 2.75) is 200 Å². The van der Waals surface area contributed by atoms with Gasteiger partial charge in [-0.3, -0.25) is 14.4 Å².